The summed E-state index contributed by atoms with van der Waals surface area (Å²) in [6.45, 7) is 16.8. The van der Waals surface area contributed by atoms with Crippen LogP contribution in [-0.4, -0.2) is 243 Å². The monoisotopic (exact) mass is 1800 g/mol. The molecule has 5 rings (SSSR count). The van der Waals surface area contributed by atoms with Gasteiger partial charge in [-0.15, -0.1) is 0 Å². The Balaban J connectivity index is 1.54. The minimum Gasteiger partial charge on any atom is -0.508 e. The molecule has 0 fully saturated rings. The van der Waals surface area contributed by atoms with Crippen LogP contribution in [0.5, 0.6) is 5.75 Å². The van der Waals surface area contributed by atoms with Crippen molar-refractivity contribution in [1.29, 1.82) is 0 Å². The summed E-state index contributed by atoms with van der Waals surface area (Å²) in [5, 5.41) is 61.3. The van der Waals surface area contributed by atoms with Gasteiger partial charge in [0.2, 0.25) is 47.0 Å². The fraction of sp³-hybridized carbons (Fsp3) is 0.591. The Morgan fingerprint density at radius 1 is 0.597 bits per heavy atom. The number of phenols is 1. The molecule has 0 aliphatic carbocycles. The molecule has 36 nitrogen and oxygen atoms in total. The number of Topliss-reactive ketones (excluding diaryl/α,β-unsaturated/α-hetero) is 10. The molecule has 4 aromatic rings. The van der Waals surface area contributed by atoms with Gasteiger partial charge in [0.1, 0.15) is 35.5 Å². The Bertz CT molecular complexity index is 4430. The number of carbonyl (C=O) groups excluding carboxylic acids is 16. The number of rotatable bonds is 38. The minimum atomic E-state index is -1.84. The number of primary amides is 1. The van der Waals surface area contributed by atoms with Gasteiger partial charge < -0.3 is 74.3 Å². The number of aromatic hydroxyl groups is 1. The third-order valence-corrected chi connectivity index (χ3v) is 23.1. The van der Waals surface area contributed by atoms with Crippen molar-refractivity contribution in [1.82, 2.24) is 79.9 Å². The number of para-hydroxylation sites is 1. The average molecular weight is 1800 g/mol. The molecular formula is C93H141N17O19. The predicted octanol–water partition coefficient (Wildman–Crippen LogP) is 1.64. The number of carbonyl (C=O) groups is 16. The maximum Gasteiger partial charge on any atom is 0.246 e. The number of benzene rings is 3. The second kappa shape index (κ2) is 55.7. The zero-order valence-corrected chi connectivity index (χ0v) is 76.8. The number of aromatic amines is 1. The Hall–Kier alpha value is -10.2. The van der Waals surface area contributed by atoms with Crippen molar-refractivity contribution in [3.05, 3.63) is 114 Å². The van der Waals surface area contributed by atoms with Crippen LogP contribution in [0.2, 0.25) is 0 Å². The largest absolute Gasteiger partial charge is 0.508 e. The zero-order valence-electron chi connectivity index (χ0n) is 76.8. The molecule has 6 amide bonds. The van der Waals surface area contributed by atoms with Crippen LogP contribution in [0.15, 0.2) is 97.2 Å². The molecule has 1 aliphatic rings. The number of fused-ring (bicyclic) bond motifs is 1. The molecule has 712 valence electrons. The number of nitrogens with two attached hydrogens (primary N) is 2. The topological polar surface area (TPSA) is 570 Å². The van der Waals surface area contributed by atoms with Gasteiger partial charge in [-0.25, -0.2) is 21.7 Å². The second-order valence-corrected chi connectivity index (χ2v) is 35.1. The molecule has 129 heavy (non-hydrogen) atoms. The van der Waals surface area contributed by atoms with E-state index < -0.39 is 204 Å². The highest BCUT2D eigenvalue weighted by atomic mass is 16.3. The Labute approximate surface area is 756 Å². The van der Waals surface area contributed by atoms with E-state index in [0.717, 1.165) is 10.9 Å². The van der Waals surface area contributed by atoms with E-state index in [1.807, 2.05) is 50.3 Å². The van der Waals surface area contributed by atoms with E-state index in [-0.39, 0.29) is 120 Å². The molecule has 0 bridgehead atoms. The number of allylic oxidation sites excluding steroid dienone is 2. The molecule has 1 aliphatic heterocycles. The molecule has 15 atom stereocenters. The van der Waals surface area contributed by atoms with Crippen LogP contribution in [-0.2, 0) is 96.0 Å². The molecule has 2 heterocycles. The molecule has 0 unspecified atom stereocenters. The number of aromatic nitrogens is 1. The SMILES string of the molecule is CC(=O)N[C@@H](CC(C)C)C(=O)C(=O)[C@@H](NN[C@@H](Cc1ccccc1)C(=O)N[C@]1(C)CCCCCCC=CCCC[C@@](C)(C(=O)N[C@@H](CO)C(=O)CN[C@@H](C)C(=O)CCN[C@@H](C)C(=O)CN)NC(=O)[C@H](CCC(C)C)NC(=O)[C@H](CCC(N)=O)NCN[C@@H](C)C(=O)CC(=O)[C@H](Cc2c[nH]c3ccccc23)NN[C@@H](Cc2ccc(O)cc2)C(=O)CC(=O)[C@H](C)NCC1=O)[C@@H](C)O. The summed E-state index contributed by atoms with van der Waals surface area (Å²) >= 11 is 0. The van der Waals surface area contributed by atoms with E-state index in [0.29, 0.717) is 61.6 Å². The highest BCUT2D eigenvalue weighted by molar-refractivity contribution is 6.41. The van der Waals surface area contributed by atoms with Gasteiger partial charge in [-0.05, 0) is 179 Å². The Kier molecular flexibility index (Phi) is 47.2. The van der Waals surface area contributed by atoms with Gasteiger partial charge >= 0.3 is 0 Å². The summed E-state index contributed by atoms with van der Waals surface area (Å²) in [6.07, 6.45) is 5.79. The summed E-state index contributed by atoms with van der Waals surface area (Å²) in [4.78, 5) is 228. The zero-order chi connectivity index (χ0) is 95.7. The van der Waals surface area contributed by atoms with E-state index in [1.165, 1.54) is 60.6 Å². The number of phenolic OH excluding ortho intramolecular Hbond substituents is 1. The van der Waals surface area contributed by atoms with Crippen LogP contribution in [0.25, 0.3) is 10.9 Å². The highest BCUT2D eigenvalue weighted by Gasteiger charge is 2.42. The van der Waals surface area contributed by atoms with Crippen molar-refractivity contribution in [2.75, 3.05) is 39.5 Å². The lowest BCUT2D eigenvalue weighted by molar-refractivity contribution is -0.142. The third-order valence-electron chi connectivity index (χ3n) is 23.1. The number of amides is 6. The summed E-state index contributed by atoms with van der Waals surface area (Å²) < 4.78 is 0. The Morgan fingerprint density at radius 2 is 1.22 bits per heavy atom. The first-order valence-electron chi connectivity index (χ1n) is 44.9. The van der Waals surface area contributed by atoms with Crippen molar-refractivity contribution < 1.29 is 92.0 Å². The maximum absolute atomic E-state index is 15.1. The summed E-state index contributed by atoms with van der Waals surface area (Å²) in [7, 11) is 0. The van der Waals surface area contributed by atoms with Crippen molar-refractivity contribution in [2.45, 2.75) is 301 Å². The lowest BCUT2D eigenvalue weighted by atomic mass is 9.88. The normalized spacial score (nSPS) is 22.6. The van der Waals surface area contributed by atoms with Gasteiger partial charge in [0, 0.05) is 50.1 Å². The standard InChI is InChI=1S/C93H141N17O19/c1-55(2)31-36-70-89(127)106-93(12,91(129)104-75(53-111)82(121)51-97-57(5)76(115)39-42-96-60(8)81(120)49-94)41-26-19-17-15-13-14-16-18-25-40-92(11,105-90(128)74(45-63-27-21-20-22-28-63)109-110-85(61(9)112)87(125)86(124)73(43-56(3)4)102-62(10)113)83(122)52-98-58(6)77(116)47-79(118)71(44-64-32-34-66(114)35-33-64)107-108-72(46-65-50-99-68-30-24-23-29-67(65)68)80(119)48-78(117)59(7)100-54-101-69(88(126)103-70)37-38-84(95)123/h15,17,20-24,27-30,32-35,50,55-61,69-75,85,96-101,107-112,114H,13-14,16,18-19,25-26,31,36-49,51-54,94H2,1-12H3,(H2,95,123)(H,102,113)(H,103,126)(H,104,129)(H,105,128)(H,106,127)/t57-,58-,59-,60-,61+,69-,70-,71-,72-,73-,74-,75-,85-,92+,93-/m0/s1. The van der Waals surface area contributed by atoms with Gasteiger partial charge in [-0.3, -0.25) is 87.3 Å². The van der Waals surface area contributed by atoms with Crippen molar-refractivity contribution in [3.63, 3.8) is 0 Å². The summed E-state index contributed by atoms with van der Waals surface area (Å²) in [6, 6.07) is 7.55. The lowest BCUT2D eigenvalue weighted by Crippen LogP contribution is -2.64. The van der Waals surface area contributed by atoms with E-state index in [2.05, 4.69) is 79.9 Å². The quantitative estimate of drug-likeness (QED) is 0.0131. The van der Waals surface area contributed by atoms with Crippen LogP contribution >= 0.6 is 0 Å². The van der Waals surface area contributed by atoms with E-state index in [9.17, 15) is 82.4 Å². The highest BCUT2D eigenvalue weighted by Crippen LogP contribution is 2.24. The number of nitrogens with one attached hydrogen (secondary N) is 15. The second-order valence-electron chi connectivity index (χ2n) is 35.1. The smallest absolute Gasteiger partial charge is 0.246 e. The summed E-state index contributed by atoms with van der Waals surface area (Å²) in [5.41, 5.74) is 21.7. The molecular weight excluding hydrogens is 1660 g/mol. The molecule has 0 saturated carbocycles. The van der Waals surface area contributed by atoms with Gasteiger partial charge in [-0.2, -0.15) is 0 Å². The van der Waals surface area contributed by atoms with Gasteiger partial charge in [0.15, 0.2) is 46.3 Å². The van der Waals surface area contributed by atoms with Crippen molar-refractivity contribution in [2.24, 2.45) is 23.3 Å². The molecule has 36 heteroatoms. The molecule has 0 radical (unpaired) electrons. The number of aliphatic hydroxyl groups excluding tert-OH is 2. The number of hydrazine groups is 2. The van der Waals surface area contributed by atoms with Crippen molar-refractivity contribution >= 4 is 104 Å². The van der Waals surface area contributed by atoms with Gasteiger partial charge in [0.05, 0.1) is 99.1 Å². The molecule has 3 aromatic carbocycles. The Morgan fingerprint density at radius 3 is 1.84 bits per heavy atom. The lowest BCUT2D eigenvalue weighted by Gasteiger charge is -2.33. The minimum absolute atomic E-state index is 0.00836. The number of hydrogen-bond donors (Lipinski definition) is 20. The number of H-pyrrole nitrogens is 1. The van der Waals surface area contributed by atoms with Crippen LogP contribution in [0.1, 0.15) is 209 Å². The number of hydrogen-bond acceptors (Lipinski definition) is 29. The van der Waals surface area contributed by atoms with E-state index in [4.69, 9.17) is 11.5 Å². The average Bonchev–Trinajstić information content (AvgIpc) is 1.63. The fourth-order valence-electron chi connectivity index (χ4n) is 14.6. The van der Waals surface area contributed by atoms with Crippen LogP contribution in [0.3, 0.4) is 0 Å². The van der Waals surface area contributed by atoms with E-state index >= 15 is 9.59 Å². The number of ketones is 10. The third kappa shape index (κ3) is 38.0. The number of aliphatic hydroxyl groups is 2. The van der Waals surface area contributed by atoms with Crippen LogP contribution in [0, 0.1) is 11.8 Å². The van der Waals surface area contributed by atoms with Crippen molar-refractivity contribution in [3.8, 4) is 5.75 Å². The summed E-state index contributed by atoms with van der Waals surface area (Å²) in [5.74, 6) is -11.1. The molecule has 0 spiro atoms. The first kappa shape index (κ1) is 109. The van der Waals surface area contributed by atoms with Gasteiger partial charge in [-0.1, -0.05) is 120 Å². The van der Waals surface area contributed by atoms with Crippen LogP contribution in [0.4, 0.5) is 0 Å². The van der Waals surface area contributed by atoms with E-state index in [1.54, 1.807) is 69.4 Å². The molecule has 0 saturated heterocycles. The fourth-order valence-corrected chi connectivity index (χ4v) is 14.6. The first-order valence-corrected chi connectivity index (χ1v) is 44.9. The predicted molar refractivity (Wildman–Crippen MR) is 487 cm³/mol. The molecule has 1 aromatic heterocycles. The van der Waals surface area contributed by atoms with Gasteiger partial charge in [0.25, 0.3) is 0 Å². The molecule has 22 N–H and O–H groups in total. The first-order chi connectivity index (χ1) is 61.1. The van der Waals surface area contributed by atoms with Crippen LogP contribution < -0.4 is 86.3 Å². The maximum atomic E-state index is 15.1.